The standard InChI is InChI=1S/2C19H14O4/c2*20-16-10-3-1-2-4-11(10)17(21)15-14(16)18(22)12-8-5-6-9(7-8)13(12)19(15)23/h2*1-6,8-9,12-13,20-21H,7H2/t2*8-,9+,12-,13+. The first-order chi connectivity index (χ1) is 22.2. The van der Waals surface area contributed by atoms with Gasteiger partial charge in [0.15, 0.2) is 23.1 Å². The maximum atomic E-state index is 13.0. The number of carbonyl (C=O) groups is 4. The van der Waals surface area contributed by atoms with Gasteiger partial charge in [0, 0.05) is 45.2 Å². The third kappa shape index (κ3) is 3.23. The molecular formula is C38H28O8. The monoisotopic (exact) mass is 612 g/mol. The molecule has 0 radical (unpaired) electrons. The zero-order chi connectivity index (χ0) is 31.8. The van der Waals surface area contributed by atoms with Crippen LogP contribution >= 0.6 is 0 Å². The van der Waals surface area contributed by atoms with Crippen molar-refractivity contribution in [3.8, 4) is 23.0 Å². The number of hydrogen-bond donors (Lipinski definition) is 4. The molecule has 10 rings (SSSR count). The molecular weight excluding hydrogens is 584 g/mol. The van der Waals surface area contributed by atoms with Gasteiger partial charge < -0.3 is 20.4 Å². The van der Waals surface area contributed by atoms with Crippen LogP contribution < -0.4 is 0 Å². The van der Waals surface area contributed by atoms with Crippen LogP contribution in [0.1, 0.15) is 54.3 Å². The number of rotatable bonds is 0. The molecule has 0 heterocycles. The van der Waals surface area contributed by atoms with Gasteiger partial charge in [-0.1, -0.05) is 72.8 Å². The second-order valence-corrected chi connectivity index (χ2v) is 13.4. The largest absolute Gasteiger partial charge is 0.507 e. The van der Waals surface area contributed by atoms with Crippen molar-refractivity contribution in [2.45, 2.75) is 12.8 Å². The van der Waals surface area contributed by atoms with Gasteiger partial charge in [-0.25, -0.2) is 0 Å². The fraction of sp³-hybridized carbons (Fsp3) is 0.263. The molecule has 6 aliphatic carbocycles. The highest BCUT2D eigenvalue weighted by Crippen LogP contribution is 2.57. The van der Waals surface area contributed by atoms with E-state index in [4.69, 9.17) is 0 Å². The van der Waals surface area contributed by atoms with Crippen LogP contribution in [0.25, 0.3) is 21.5 Å². The molecule has 8 atom stereocenters. The molecule has 0 aliphatic heterocycles. The highest BCUT2D eigenvalue weighted by atomic mass is 16.3. The lowest BCUT2D eigenvalue weighted by molar-refractivity contribution is 0.0715. The van der Waals surface area contributed by atoms with E-state index in [2.05, 4.69) is 0 Å². The molecule has 0 saturated heterocycles. The van der Waals surface area contributed by atoms with E-state index in [1.165, 1.54) is 0 Å². The van der Waals surface area contributed by atoms with E-state index >= 15 is 0 Å². The van der Waals surface area contributed by atoms with Gasteiger partial charge in [0.2, 0.25) is 0 Å². The zero-order valence-corrected chi connectivity index (χ0v) is 24.4. The maximum Gasteiger partial charge on any atom is 0.171 e. The Kier molecular flexibility index (Phi) is 5.40. The summed E-state index contributed by atoms with van der Waals surface area (Å²) in [5.74, 6) is -2.85. The van der Waals surface area contributed by atoms with E-state index < -0.39 is 23.7 Å². The van der Waals surface area contributed by atoms with Gasteiger partial charge in [-0.3, -0.25) is 19.2 Å². The number of carbonyl (C=O) groups excluding carboxylic acids is 4. The summed E-state index contributed by atoms with van der Waals surface area (Å²) in [6.07, 6.45) is 9.67. The number of Topliss-reactive ketones (excluding diaryl/α,β-unsaturated/α-hetero) is 4. The lowest BCUT2D eigenvalue weighted by Crippen LogP contribution is -2.39. The Morgan fingerprint density at radius 2 is 0.609 bits per heavy atom. The van der Waals surface area contributed by atoms with Gasteiger partial charge in [0.1, 0.15) is 23.0 Å². The highest BCUT2D eigenvalue weighted by Gasteiger charge is 2.57. The molecule has 4 bridgehead atoms. The third-order valence-electron chi connectivity index (χ3n) is 11.4. The molecule has 46 heavy (non-hydrogen) atoms. The summed E-state index contributed by atoms with van der Waals surface area (Å²) in [5.41, 5.74) is 0.0311. The molecule has 8 heteroatoms. The SMILES string of the molecule is O=C1c2c(c(O)c3ccccc3c2O)C(=O)[C@H]2[C@@H]1[C@H]1C=C[C@@H]2C1.O=C1c2c(c(O)c3ccccc3c2O)C(=O)[C@H]2[C@@H]1[C@H]1C=C[C@@H]2C1. The molecule has 228 valence electrons. The van der Waals surface area contributed by atoms with Gasteiger partial charge in [-0.05, 0) is 36.5 Å². The van der Waals surface area contributed by atoms with Crippen LogP contribution in [0.2, 0.25) is 0 Å². The smallest absolute Gasteiger partial charge is 0.171 e. The second-order valence-electron chi connectivity index (χ2n) is 13.4. The lowest BCUT2D eigenvalue weighted by Gasteiger charge is -2.32. The number of aromatic hydroxyl groups is 4. The molecule has 0 unspecified atom stereocenters. The van der Waals surface area contributed by atoms with Crippen LogP contribution in [-0.2, 0) is 0 Å². The Bertz CT molecular complexity index is 1890. The number of benzene rings is 4. The van der Waals surface area contributed by atoms with Crippen molar-refractivity contribution in [2.24, 2.45) is 47.3 Å². The van der Waals surface area contributed by atoms with Crippen molar-refractivity contribution in [1.82, 2.24) is 0 Å². The number of fused-ring (bicyclic) bond motifs is 14. The number of allylic oxidation sites excluding steroid dienone is 4. The van der Waals surface area contributed by atoms with Gasteiger partial charge in [0.25, 0.3) is 0 Å². The first-order valence-electron chi connectivity index (χ1n) is 15.7. The van der Waals surface area contributed by atoms with E-state index in [1.54, 1.807) is 48.5 Å². The minimum atomic E-state index is -0.392. The molecule has 4 aromatic rings. The molecule has 6 aliphatic rings. The fourth-order valence-corrected chi connectivity index (χ4v) is 9.51. The summed E-state index contributed by atoms with van der Waals surface area (Å²) in [5, 5.41) is 44.0. The molecule has 4 aromatic carbocycles. The van der Waals surface area contributed by atoms with E-state index in [0.29, 0.717) is 21.5 Å². The van der Waals surface area contributed by atoms with Crippen molar-refractivity contribution in [3.05, 3.63) is 95.1 Å². The van der Waals surface area contributed by atoms with Crippen LogP contribution in [0, 0.1) is 47.3 Å². The average Bonchev–Trinajstić information content (AvgIpc) is 3.88. The maximum absolute atomic E-state index is 13.0. The third-order valence-corrected chi connectivity index (χ3v) is 11.4. The van der Waals surface area contributed by atoms with Crippen molar-refractivity contribution >= 4 is 44.7 Å². The minimum Gasteiger partial charge on any atom is -0.507 e. The summed E-state index contributed by atoms with van der Waals surface area (Å²) in [6, 6.07) is 13.5. The number of hydrogen-bond acceptors (Lipinski definition) is 8. The van der Waals surface area contributed by atoms with E-state index in [-0.39, 0.29) is 92.1 Å². The van der Waals surface area contributed by atoms with E-state index in [9.17, 15) is 39.6 Å². The summed E-state index contributed by atoms with van der Waals surface area (Å²) < 4.78 is 0. The molecule has 0 amide bonds. The summed E-state index contributed by atoms with van der Waals surface area (Å²) >= 11 is 0. The quantitative estimate of drug-likeness (QED) is 0.137. The first-order valence-corrected chi connectivity index (χ1v) is 15.7. The number of ketones is 4. The Balaban J connectivity index is 0.000000127. The van der Waals surface area contributed by atoms with Gasteiger partial charge in [-0.2, -0.15) is 0 Å². The Hall–Kier alpha value is -5.24. The zero-order valence-electron chi connectivity index (χ0n) is 24.4. The van der Waals surface area contributed by atoms with Crippen molar-refractivity contribution in [3.63, 3.8) is 0 Å². The van der Waals surface area contributed by atoms with Gasteiger partial charge in [-0.15, -0.1) is 0 Å². The Morgan fingerprint density at radius 3 is 0.826 bits per heavy atom. The second kappa shape index (κ2) is 9.16. The van der Waals surface area contributed by atoms with Crippen LogP contribution in [0.5, 0.6) is 23.0 Å². The molecule has 2 saturated carbocycles. The number of phenolic OH excluding ortho intramolecular Hbond substituents is 4. The van der Waals surface area contributed by atoms with Crippen LogP contribution in [0.4, 0.5) is 0 Å². The van der Waals surface area contributed by atoms with Crippen molar-refractivity contribution < 1.29 is 39.6 Å². The van der Waals surface area contributed by atoms with E-state index in [1.807, 2.05) is 24.3 Å². The summed E-state index contributed by atoms with van der Waals surface area (Å²) in [6.45, 7) is 0. The van der Waals surface area contributed by atoms with Crippen molar-refractivity contribution in [1.29, 1.82) is 0 Å². The van der Waals surface area contributed by atoms with E-state index in [0.717, 1.165) is 12.8 Å². The van der Waals surface area contributed by atoms with Crippen LogP contribution in [0.15, 0.2) is 72.8 Å². The predicted octanol–water partition coefficient (Wildman–Crippen LogP) is 6.14. The molecule has 0 spiro atoms. The summed E-state index contributed by atoms with van der Waals surface area (Å²) in [7, 11) is 0. The van der Waals surface area contributed by atoms with Crippen LogP contribution in [-0.4, -0.2) is 43.6 Å². The van der Waals surface area contributed by atoms with Crippen molar-refractivity contribution in [2.75, 3.05) is 0 Å². The fourth-order valence-electron chi connectivity index (χ4n) is 9.51. The molecule has 8 nitrogen and oxygen atoms in total. The lowest BCUT2D eigenvalue weighted by atomic mass is 9.68. The minimum absolute atomic E-state index is 0.00778. The van der Waals surface area contributed by atoms with Crippen LogP contribution in [0.3, 0.4) is 0 Å². The summed E-state index contributed by atoms with van der Waals surface area (Å²) in [4.78, 5) is 52.0. The van der Waals surface area contributed by atoms with Gasteiger partial charge in [0.05, 0.1) is 22.3 Å². The predicted molar refractivity (Wildman–Crippen MR) is 167 cm³/mol. The average molecular weight is 613 g/mol. The highest BCUT2D eigenvalue weighted by molar-refractivity contribution is 6.24. The molecule has 0 aromatic heterocycles. The molecule has 4 N–H and O–H groups in total. The Morgan fingerprint density at radius 1 is 0.391 bits per heavy atom. The van der Waals surface area contributed by atoms with Gasteiger partial charge >= 0.3 is 0 Å². The molecule has 2 fully saturated rings. The normalized spacial score (nSPS) is 30.8. The topological polar surface area (TPSA) is 149 Å². The Labute approximate surface area is 262 Å². The number of phenols is 4. The first kappa shape index (κ1) is 27.1.